The number of nitrogens with one attached hydrogen (secondary N) is 1. The van der Waals surface area contributed by atoms with E-state index in [2.05, 4.69) is 15.3 Å². The van der Waals surface area contributed by atoms with Crippen molar-refractivity contribution in [1.29, 1.82) is 0 Å². The van der Waals surface area contributed by atoms with Crippen LogP contribution in [0.4, 0.5) is 10.7 Å². The van der Waals surface area contributed by atoms with Gasteiger partial charge >= 0.3 is 6.09 Å². The van der Waals surface area contributed by atoms with Crippen molar-refractivity contribution in [3.8, 4) is 0 Å². The smallest absolute Gasteiger partial charge is 0.410 e. The minimum atomic E-state index is -0.543. The molecule has 3 atom stereocenters. The van der Waals surface area contributed by atoms with Gasteiger partial charge < -0.3 is 14.8 Å². The summed E-state index contributed by atoms with van der Waals surface area (Å²) < 4.78 is 11.4. The lowest BCUT2D eigenvalue weighted by molar-refractivity contribution is -0.100. The summed E-state index contributed by atoms with van der Waals surface area (Å²) in [5.74, 6) is 0.453. The fourth-order valence-electron chi connectivity index (χ4n) is 2.57. The molecular weight excluding hydrogens is 332 g/mol. The van der Waals surface area contributed by atoms with Gasteiger partial charge in [-0.2, -0.15) is 0 Å². The monoisotopic (exact) mass is 356 g/mol. The number of anilines is 1. The third kappa shape index (κ3) is 5.21. The number of hydrogen-bond acceptors (Lipinski definition) is 6. The van der Waals surface area contributed by atoms with Crippen molar-refractivity contribution < 1.29 is 14.3 Å². The Kier molecular flexibility index (Phi) is 5.87. The molecule has 0 bridgehead atoms. The maximum absolute atomic E-state index is 12.5. The van der Waals surface area contributed by atoms with Crippen LogP contribution >= 0.6 is 11.6 Å². The molecule has 0 unspecified atom stereocenters. The van der Waals surface area contributed by atoms with Crippen molar-refractivity contribution in [2.75, 3.05) is 18.4 Å². The van der Waals surface area contributed by atoms with E-state index in [-0.39, 0.29) is 24.3 Å². The van der Waals surface area contributed by atoms with Crippen molar-refractivity contribution in [2.45, 2.75) is 58.5 Å². The molecule has 0 saturated carbocycles. The minimum Gasteiger partial charge on any atom is -0.444 e. The number of amides is 1. The first kappa shape index (κ1) is 18.7. The molecule has 1 N–H and O–H groups in total. The SMILES string of the molecule is C[C@@H]1CN(C(=O)OC(C)(C)C)[C@H](CNc2ncc(Cl)cn2)[C@H](C)O1. The normalized spacial score (nSPS) is 24.6. The molecule has 7 nitrogen and oxygen atoms in total. The van der Waals surface area contributed by atoms with Crippen molar-refractivity contribution in [1.82, 2.24) is 14.9 Å². The predicted molar refractivity (Wildman–Crippen MR) is 92.3 cm³/mol. The molecule has 1 fully saturated rings. The van der Waals surface area contributed by atoms with Gasteiger partial charge in [0.1, 0.15) is 5.60 Å². The Morgan fingerprint density at radius 1 is 1.42 bits per heavy atom. The largest absolute Gasteiger partial charge is 0.444 e. The Morgan fingerprint density at radius 3 is 2.62 bits per heavy atom. The van der Waals surface area contributed by atoms with Crippen LogP contribution in [0.3, 0.4) is 0 Å². The molecule has 0 radical (unpaired) electrons. The van der Waals surface area contributed by atoms with Gasteiger partial charge in [0.15, 0.2) is 0 Å². The first-order valence-corrected chi connectivity index (χ1v) is 8.40. The van der Waals surface area contributed by atoms with E-state index in [4.69, 9.17) is 21.1 Å². The molecule has 1 aromatic rings. The van der Waals surface area contributed by atoms with Crippen molar-refractivity contribution in [2.24, 2.45) is 0 Å². The number of carbonyl (C=O) groups excluding carboxylic acids is 1. The van der Waals surface area contributed by atoms with Gasteiger partial charge in [0.2, 0.25) is 5.95 Å². The molecule has 8 heteroatoms. The van der Waals surface area contributed by atoms with E-state index >= 15 is 0 Å². The van der Waals surface area contributed by atoms with Gasteiger partial charge in [-0.15, -0.1) is 0 Å². The Morgan fingerprint density at radius 2 is 2.04 bits per heavy atom. The Hall–Kier alpha value is -1.60. The van der Waals surface area contributed by atoms with Crippen LogP contribution in [0.15, 0.2) is 12.4 Å². The predicted octanol–water partition coefficient (Wildman–Crippen LogP) is 2.95. The summed E-state index contributed by atoms with van der Waals surface area (Å²) in [6.07, 6.45) is 2.52. The molecule has 0 spiro atoms. The lowest BCUT2D eigenvalue weighted by atomic mass is 10.1. The second-order valence-corrected chi connectivity index (χ2v) is 7.39. The summed E-state index contributed by atoms with van der Waals surface area (Å²) in [4.78, 5) is 22.5. The molecule has 24 heavy (non-hydrogen) atoms. The zero-order valence-electron chi connectivity index (χ0n) is 14.7. The fourth-order valence-corrected chi connectivity index (χ4v) is 2.67. The highest BCUT2D eigenvalue weighted by Crippen LogP contribution is 2.21. The second kappa shape index (κ2) is 7.53. The summed E-state index contributed by atoms with van der Waals surface area (Å²) in [6, 6.07) is -0.185. The zero-order valence-corrected chi connectivity index (χ0v) is 15.5. The van der Waals surface area contributed by atoms with Crippen LogP contribution < -0.4 is 5.32 Å². The maximum Gasteiger partial charge on any atom is 0.410 e. The average Bonchev–Trinajstić information content (AvgIpc) is 2.45. The topological polar surface area (TPSA) is 76.6 Å². The number of hydrogen-bond donors (Lipinski definition) is 1. The van der Waals surface area contributed by atoms with Crippen LogP contribution in [0.25, 0.3) is 0 Å². The number of carbonyl (C=O) groups is 1. The van der Waals surface area contributed by atoms with Crippen molar-refractivity contribution in [3.05, 3.63) is 17.4 Å². The number of rotatable bonds is 3. The number of nitrogens with zero attached hydrogens (tertiary/aromatic N) is 3. The number of halogens is 1. The molecule has 2 heterocycles. The molecule has 1 amide bonds. The quantitative estimate of drug-likeness (QED) is 0.897. The Balaban J connectivity index is 2.07. The molecule has 1 saturated heterocycles. The second-order valence-electron chi connectivity index (χ2n) is 6.96. The average molecular weight is 357 g/mol. The first-order valence-electron chi connectivity index (χ1n) is 8.02. The summed E-state index contributed by atoms with van der Waals surface area (Å²) >= 11 is 5.78. The molecular formula is C16H25ClN4O3. The van der Waals surface area contributed by atoms with Gasteiger partial charge in [0.25, 0.3) is 0 Å². The minimum absolute atomic E-state index is 0.0458. The Bertz CT molecular complexity index is 561. The molecule has 1 aliphatic heterocycles. The van der Waals surface area contributed by atoms with Crippen LogP contribution in [0.5, 0.6) is 0 Å². The third-order valence-corrected chi connectivity index (χ3v) is 3.76. The van der Waals surface area contributed by atoms with Crippen molar-refractivity contribution >= 4 is 23.6 Å². The number of morpholine rings is 1. The van der Waals surface area contributed by atoms with Gasteiger partial charge in [-0.3, -0.25) is 4.90 Å². The van der Waals surface area contributed by atoms with E-state index in [0.717, 1.165) is 0 Å². The summed E-state index contributed by atoms with van der Waals surface area (Å²) in [6.45, 7) is 10.4. The summed E-state index contributed by atoms with van der Waals surface area (Å²) in [7, 11) is 0. The molecule has 1 aliphatic rings. The van der Waals surface area contributed by atoms with Crippen LogP contribution in [0.1, 0.15) is 34.6 Å². The molecule has 0 aromatic carbocycles. The molecule has 0 aliphatic carbocycles. The zero-order chi connectivity index (χ0) is 17.9. The van der Waals surface area contributed by atoms with Crippen LogP contribution in [-0.2, 0) is 9.47 Å². The van der Waals surface area contributed by atoms with Crippen LogP contribution in [-0.4, -0.2) is 57.9 Å². The maximum atomic E-state index is 12.5. The molecule has 2 rings (SSSR count). The van der Waals surface area contributed by atoms with Gasteiger partial charge in [-0.25, -0.2) is 14.8 Å². The summed E-state index contributed by atoms with van der Waals surface area (Å²) in [5, 5.41) is 3.60. The van der Waals surface area contributed by atoms with E-state index in [9.17, 15) is 4.79 Å². The number of ether oxygens (including phenoxy) is 2. The number of aromatic nitrogens is 2. The molecule has 1 aromatic heterocycles. The van der Waals surface area contributed by atoms with Gasteiger partial charge in [0, 0.05) is 6.54 Å². The van der Waals surface area contributed by atoms with Gasteiger partial charge in [-0.1, -0.05) is 11.6 Å². The van der Waals surface area contributed by atoms with E-state index < -0.39 is 5.60 Å². The van der Waals surface area contributed by atoms with Crippen LogP contribution in [0, 0.1) is 0 Å². The van der Waals surface area contributed by atoms with E-state index in [1.807, 2.05) is 34.6 Å². The van der Waals surface area contributed by atoms with E-state index in [1.165, 1.54) is 12.4 Å². The molecule has 134 valence electrons. The first-order chi connectivity index (χ1) is 11.2. The highest BCUT2D eigenvalue weighted by molar-refractivity contribution is 6.30. The Labute approximate surface area is 147 Å². The van der Waals surface area contributed by atoms with Gasteiger partial charge in [-0.05, 0) is 34.6 Å². The van der Waals surface area contributed by atoms with Gasteiger partial charge in [0.05, 0.1) is 42.2 Å². The highest BCUT2D eigenvalue weighted by Gasteiger charge is 2.37. The lowest BCUT2D eigenvalue weighted by Gasteiger charge is -2.43. The highest BCUT2D eigenvalue weighted by atomic mass is 35.5. The van der Waals surface area contributed by atoms with E-state index in [1.54, 1.807) is 4.90 Å². The van der Waals surface area contributed by atoms with E-state index in [0.29, 0.717) is 24.1 Å². The fraction of sp³-hybridized carbons (Fsp3) is 0.688. The third-order valence-electron chi connectivity index (χ3n) is 3.56. The lowest BCUT2D eigenvalue weighted by Crippen LogP contribution is -2.58. The van der Waals surface area contributed by atoms with Crippen molar-refractivity contribution in [3.63, 3.8) is 0 Å². The summed E-state index contributed by atoms with van der Waals surface area (Å²) in [5.41, 5.74) is -0.543. The van der Waals surface area contributed by atoms with Crippen LogP contribution in [0.2, 0.25) is 5.02 Å². The standard InChI is InChI=1S/C16H25ClN4O3/c1-10-9-21(15(22)24-16(3,4)5)13(11(2)23-10)8-20-14-18-6-12(17)7-19-14/h6-7,10-11,13H,8-9H2,1-5H3,(H,18,19,20)/t10-,11+,13-/m1/s1.